The maximum Gasteiger partial charge on any atom is 0.0842 e. The van der Waals surface area contributed by atoms with Gasteiger partial charge in [-0.15, -0.1) is 0 Å². The molecule has 0 unspecified atom stereocenters. The number of H-pyrrole nitrogens is 1. The van der Waals surface area contributed by atoms with Crippen LogP contribution in [0.4, 0.5) is 0 Å². The van der Waals surface area contributed by atoms with Gasteiger partial charge in [-0.25, -0.2) is 0 Å². The van der Waals surface area contributed by atoms with Crippen LogP contribution in [0.25, 0.3) is 16.5 Å². The van der Waals surface area contributed by atoms with Gasteiger partial charge in [-0.2, -0.15) is 0 Å². The molecule has 19 heavy (non-hydrogen) atoms. The van der Waals surface area contributed by atoms with Crippen molar-refractivity contribution in [1.29, 1.82) is 0 Å². The molecule has 1 aromatic carbocycles. The minimum atomic E-state index is 0.815. The largest absolute Gasteiger partial charge is 0.354 e. The summed E-state index contributed by atoms with van der Waals surface area (Å²) in [5.41, 5.74) is 6.36. The molecule has 2 aliphatic rings. The van der Waals surface area contributed by atoms with Gasteiger partial charge in [0.1, 0.15) is 0 Å². The van der Waals surface area contributed by atoms with Crippen LogP contribution in [0.2, 0.25) is 0 Å². The second-order valence-corrected chi connectivity index (χ2v) is 5.58. The molecule has 0 fully saturated rings. The van der Waals surface area contributed by atoms with E-state index in [1.165, 1.54) is 33.4 Å². The molecule has 94 valence electrons. The van der Waals surface area contributed by atoms with Gasteiger partial charge in [-0.05, 0) is 36.1 Å². The predicted molar refractivity (Wildman–Crippen MR) is 83.0 cm³/mol. The van der Waals surface area contributed by atoms with Crippen LogP contribution in [0, 0.1) is 0 Å². The maximum atomic E-state index is 5.47. The van der Waals surface area contributed by atoms with E-state index in [2.05, 4.69) is 46.7 Å². The van der Waals surface area contributed by atoms with Gasteiger partial charge < -0.3 is 10.3 Å². The van der Waals surface area contributed by atoms with Crippen LogP contribution in [0.3, 0.4) is 0 Å². The molecule has 0 atom stereocenters. The summed E-state index contributed by atoms with van der Waals surface area (Å²) in [6.45, 7) is 0. The highest BCUT2D eigenvalue weighted by atomic mass is 32.1. The number of rotatable bonds is 0. The summed E-state index contributed by atoms with van der Waals surface area (Å²) in [5.74, 6) is 0. The Labute approximate surface area is 117 Å². The zero-order valence-electron chi connectivity index (χ0n) is 10.5. The fourth-order valence-electron chi connectivity index (χ4n) is 3.04. The highest BCUT2D eigenvalue weighted by molar-refractivity contribution is 7.80. The van der Waals surface area contributed by atoms with E-state index in [1.807, 2.05) is 0 Å². The Kier molecular flexibility index (Phi) is 2.35. The Morgan fingerprint density at radius 1 is 1.16 bits per heavy atom. The zero-order chi connectivity index (χ0) is 12.8. The number of allylic oxidation sites excluding steroid dienone is 3. The molecule has 0 saturated carbocycles. The minimum Gasteiger partial charge on any atom is -0.354 e. The van der Waals surface area contributed by atoms with Gasteiger partial charge in [-0.1, -0.05) is 36.5 Å². The van der Waals surface area contributed by atoms with E-state index >= 15 is 0 Å². The lowest BCUT2D eigenvalue weighted by molar-refractivity contribution is 1.00. The molecule has 0 saturated heterocycles. The van der Waals surface area contributed by atoms with Crippen molar-refractivity contribution in [1.82, 2.24) is 10.3 Å². The Morgan fingerprint density at radius 3 is 3.00 bits per heavy atom. The van der Waals surface area contributed by atoms with Crippen molar-refractivity contribution in [2.24, 2.45) is 0 Å². The SMILES string of the molecule is S=C1Cc2c([nH]c3ccccc23)C2=C(C=CCC2)N1. The first-order valence-corrected chi connectivity index (χ1v) is 7.03. The van der Waals surface area contributed by atoms with E-state index < -0.39 is 0 Å². The maximum absolute atomic E-state index is 5.47. The highest BCUT2D eigenvalue weighted by Crippen LogP contribution is 2.35. The molecule has 1 aliphatic heterocycles. The number of thiocarbonyl (C=S) groups is 1. The van der Waals surface area contributed by atoms with E-state index in [9.17, 15) is 0 Å². The lowest BCUT2D eigenvalue weighted by Crippen LogP contribution is -2.21. The Bertz CT molecular complexity index is 749. The molecule has 0 amide bonds. The standard InChI is InChI=1S/C16H14N2S/c19-15-9-12-10-5-1-3-7-13(10)18-16(12)11-6-2-4-8-14(11)17-15/h1,3-5,7-8,18H,2,6,9H2,(H,17,19). The first-order valence-electron chi connectivity index (χ1n) is 6.62. The van der Waals surface area contributed by atoms with Crippen LogP contribution >= 0.6 is 12.2 Å². The number of aromatic nitrogens is 1. The second kappa shape index (κ2) is 4.07. The minimum absolute atomic E-state index is 0.815. The molecule has 0 bridgehead atoms. The van der Waals surface area contributed by atoms with Crippen LogP contribution in [0.5, 0.6) is 0 Å². The lowest BCUT2D eigenvalue weighted by Gasteiger charge is -2.14. The number of hydrogen-bond acceptors (Lipinski definition) is 1. The number of para-hydroxylation sites is 1. The lowest BCUT2D eigenvalue weighted by atomic mass is 9.96. The zero-order valence-corrected chi connectivity index (χ0v) is 11.3. The molecular formula is C16H14N2S. The number of aromatic amines is 1. The van der Waals surface area contributed by atoms with Crippen molar-refractivity contribution in [3.8, 4) is 0 Å². The quantitative estimate of drug-likeness (QED) is 0.712. The van der Waals surface area contributed by atoms with Crippen LogP contribution in [-0.4, -0.2) is 9.97 Å². The summed E-state index contributed by atoms with van der Waals surface area (Å²) in [6, 6.07) is 8.48. The highest BCUT2D eigenvalue weighted by Gasteiger charge is 2.23. The van der Waals surface area contributed by atoms with Crippen LogP contribution in [0.15, 0.2) is 42.1 Å². The fourth-order valence-corrected chi connectivity index (χ4v) is 3.29. The van der Waals surface area contributed by atoms with Gasteiger partial charge in [0.25, 0.3) is 0 Å². The van der Waals surface area contributed by atoms with E-state index in [4.69, 9.17) is 12.2 Å². The number of benzene rings is 1. The Hall–Kier alpha value is -1.87. The first-order chi connectivity index (χ1) is 9.33. The smallest absolute Gasteiger partial charge is 0.0842 e. The van der Waals surface area contributed by atoms with Gasteiger partial charge in [0, 0.05) is 28.7 Å². The number of hydrogen-bond donors (Lipinski definition) is 2. The summed E-state index contributed by atoms with van der Waals surface area (Å²) in [6.07, 6.45) is 7.35. The summed E-state index contributed by atoms with van der Waals surface area (Å²) in [4.78, 5) is 4.49. The average Bonchev–Trinajstić information content (AvgIpc) is 2.71. The molecule has 3 heteroatoms. The molecule has 0 spiro atoms. The summed E-state index contributed by atoms with van der Waals surface area (Å²) >= 11 is 5.47. The van der Waals surface area contributed by atoms with Crippen LogP contribution in [0.1, 0.15) is 24.1 Å². The predicted octanol–water partition coefficient (Wildman–Crippen LogP) is 3.70. The van der Waals surface area contributed by atoms with E-state index in [-0.39, 0.29) is 0 Å². The molecule has 4 rings (SSSR count). The van der Waals surface area contributed by atoms with Crippen molar-refractivity contribution >= 4 is 33.7 Å². The third-order valence-electron chi connectivity index (χ3n) is 3.90. The van der Waals surface area contributed by atoms with Crippen LogP contribution < -0.4 is 5.32 Å². The number of fused-ring (bicyclic) bond motifs is 4. The van der Waals surface area contributed by atoms with Crippen molar-refractivity contribution in [3.05, 3.63) is 53.4 Å². The van der Waals surface area contributed by atoms with Crippen molar-refractivity contribution < 1.29 is 0 Å². The first kappa shape index (κ1) is 11.0. The van der Waals surface area contributed by atoms with Crippen molar-refractivity contribution in [2.75, 3.05) is 0 Å². The average molecular weight is 266 g/mol. The monoisotopic (exact) mass is 266 g/mol. The van der Waals surface area contributed by atoms with E-state index in [0.29, 0.717) is 0 Å². The summed E-state index contributed by atoms with van der Waals surface area (Å²) in [7, 11) is 0. The molecule has 2 heterocycles. The fraction of sp³-hybridized carbons (Fsp3) is 0.188. The van der Waals surface area contributed by atoms with Crippen LogP contribution in [-0.2, 0) is 6.42 Å². The topological polar surface area (TPSA) is 27.8 Å². The van der Waals surface area contributed by atoms with E-state index in [1.54, 1.807) is 0 Å². The molecule has 2 nitrogen and oxygen atoms in total. The number of nitrogens with one attached hydrogen (secondary N) is 2. The second-order valence-electron chi connectivity index (χ2n) is 5.08. The third-order valence-corrected chi connectivity index (χ3v) is 4.14. The van der Waals surface area contributed by atoms with Crippen molar-refractivity contribution in [2.45, 2.75) is 19.3 Å². The third kappa shape index (κ3) is 1.65. The molecule has 0 radical (unpaired) electrons. The molecule has 2 aromatic rings. The van der Waals surface area contributed by atoms with Gasteiger partial charge in [-0.3, -0.25) is 0 Å². The van der Waals surface area contributed by atoms with E-state index in [0.717, 1.165) is 24.3 Å². The van der Waals surface area contributed by atoms with Gasteiger partial charge in [0.2, 0.25) is 0 Å². The molecule has 1 aliphatic carbocycles. The molecular weight excluding hydrogens is 252 g/mol. The van der Waals surface area contributed by atoms with Gasteiger partial charge in [0.15, 0.2) is 0 Å². The molecule has 2 N–H and O–H groups in total. The van der Waals surface area contributed by atoms with Crippen molar-refractivity contribution in [3.63, 3.8) is 0 Å². The van der Waals surface area contributed by atoms with Gasteiger partial charge in [0.05, 0.1) is 4.99 Å². The van der Waals surface area contributed by atoms with Gasteiger partial charge >= 0.3 is 0 Å². The Balaban J connectivity index is 2.05. The summed E-state index contributed by atoms with van der Waals surface area (Å²) in [5, 5.41) is 4.68. The summed E-state index contributed by atoms with van der Waals surface area (Å²) < 4.78 is 0. The normalized spacial score (nSPS) is 18.0. The Morgan fingerprint density at radius 2 is 2.05 bits per heavy atom. The molecule has 1 aromatic heterocycles.